The Morgan fingerprint density at radius 1 is 1.36 bits per heavy atom. The van der Waals surface area contributed by atoms with Gasteiger partial charge < -0.3 is 9.55 Å². The van der Waals surface area contributed by atoms with Crippen molar-refractivity contribution >= 4 is 23.1 Å². The Morgan fingerprint density at radius 3 is 2.82 bits per heavy atom. The number of aryl methyl sites for hydroxylation is 1. The van der Waals surface area contributed by atoms with E-state index in [1.165, 1.54) is 23.5 Å². The summed E-state index contributed by atoms with van der Waals surface area (Å²) in [5.41, 5.74) is 2.74. The fourth-order valence-corrected chi connectivity index (χ4v) is 3.60. The van der Waals surface area contributed by atoms with Gasteiger partial charge in [-0.15, -0.1) is 0 Å². The van der Waals surface area contributed by atoms with Gasteiger partial charge in [0.25, 0.3) is 0 Å². The first kappa shape index (κ1) is 15.1. The number of aromatic nitrogens is 3. The van der Waals surface area contributed by atoms with Gasteiger partial charge in [0.15, 0.2) is 5.16 Å². The third-order valence-corrected chi connectivity index (χ3v) is 4.99. The van der Waals surface area contributed by atoms with Crippen LogP contribution in [0.4, 0.5) is 4.39 Å². The Kier molecular flexibility index (Phi) is 4.44. The minimum Gasteiger partial charge on any atom is -0.333 e. The summed E-state index contributed by atoms with van der Waals surface area (Å²) in [6.07, 6.45) is 1.73. The van der Waals surface area contributed by atoms with Crippen LogP contribution in [0.25, 0.3) is 11.3 Å². The highest BCUT2D eigenvalue weighted by Crippen LogP contribution is 2.21. The molecule has 3 aromatic rings. The van der Waals surface area contributed by atoms with E-state index in [9.17, 15) is 9.18 Å². The first-order valence-corrected chi connectivity index (χ1v) is 8.58. The molecule has 0 saturated carbocycles. The van der Waals surface area contributed by atoms with E-state index in [-0.39, 0.29) is 10.7 Å². The lowest BCUT2D eigenvalue weighted by Gasteiger charge is -2.02. The molecule has 7 heteroatoms. The number of hydrogen-bond acceptors (Lipinski definition) is 4. The molecule has 2 heterocycles. The van der Waals surface area contributed by atoms with Crippen molar-refractivity contribution in [2.45, 2.75) is 18.6 Å². The lowest BCUT2D eigenvalue weighted by Crippen LogP contribution is -2.15. The van der Waals surface area contributed by atoms with E-state index in [1.54, 1.807) is 34.7 Å². The summed E-state index contributed by atoms with van der Waals surface area (Å²) in [6, 6.07) is 6.28. The molecule has 0 bridgehead atoms. The van der Waals surface area contributed by atoms with Crippen molar-refractivity contribution < 1.29 is 4.39 Å². The zero-order valence-corrected chi connectivity index (χ0v) is 13.5. The summed E-state index contributed by atoms with van der Waals surface area (Å²) >= 11 is 2.78. The summed E-state index contributed by atoms with van der Waals surface area (Å²) in [4.78, 5) is 19.2. The van der Waals surface area contributed by atoms with E-state index in [0.717, 1.165) is 27.9 Å². The summed E-state index contributed by atoms with van der Waals surface area (Å²) in [5, 5.41) is 2.66. The molecule has 0 atom stereocenters. The molecule has 1 aromatic carbocycles. The number of thioether (sulfide) groups is 1. The second kappa shape index (κ2) is 6.50. The molecule has 0 fully saturated rings. The molecule has 0 spiro atoms. The van der Waals surface area contributed by atoms with Crippen molar-refractivity contribution in [3.05, 3.63) is 57.0 Å². The highest BCUT2D eigenvalue weighted by Gasteiger charge is 2.06. The Labute approximate surface area is 135 Å². The topological polar surface area (TPSA) is 50.7 Å². The predicted octanol–water partition coefficient (Wildman–Crippen LogP) is 3.54. The largest absolute Gasteiger partial charge is 0.333 e. The molecule has 0 amide bonds. The quantitative estimate of drug-likeness (QED) is 0.726. The van der Waals surface area contributed by atoms with Crippen LogP contribution in [-0.2, 0) is 6.54 Å². The Balaban J connectivity index is 1.62. The molecular formula is C15H14FN3OS2. The number of aromatic amines is 1. The maximum Gasteiger partial charge on any atom is 0.307 e. The third-order valence-electron chi connectivity index (χ3n) is 3.24. The number of benzene rings is 1. The number of nitrogens with one attached hydrogen (secondary N) is 1. The van der Waals surface area contributed by atoms with Gasteiger partial charge in [0.2, 0.25) is 0 Å². The van der Waals surface area contributed by atoms with Crippen molar-refractivity contribution in [2.24, 2.45) is 0 Å². The SMILES string of the molecule is Cc1csc(=O)n1CCSc1ncc(-c2ccc(F)cc2)[nH]1. The predicted molar refractivity (Wildman–Crippen MR) is 88.0 cm³/mol. The average molecular weight is 335 g/mol. The van der Waals surface area contributed by atoms with Gasteiger partial charge >= 0.3 is 4.87 Å². The summed E-state index contributed by atoms with van der Waals surface area (Å²) in [6.45, 7) is 2.59. The molecule has 0 saturated heterocycles. The molecule has 0 aliphatic carbocycles. The smallest absolute Gasteiger partial charge is 0.307 e. The number of hydrogen-bond donors (Lipinski definition) is 1. The second-order valence-electron chi connectivity index (χ2n) is 4.75. The normalized spacial score (nSPS) is 11.0. The van der Waals surface area contributed by atoms with Crippen LogP contribution >= 0.6 is 23.1 Å². The van der Waals surface area contributed by atoms with Crippen LogP contribution in [0.2, 0.25) is 0 Å². The first-order chi connectivity index (χ1) is 10.6. The molecule has 114 valence electrons. The highest BCUT2D eigenvalue weighted by atomic mass is 32.2. The molecule has 0 aliphatic heterocycles. The summed E-state index contributed by atoms with van der Waals surface area (Å²) < 4.78 is 14.7. The summed E-state index contributed by atoms with van der Waals surface area (Å²) in [5.74, 6) is 0.503. The molecule has 0 radical (unpaired) electrons. The molecule has 1 N–H and O–H groups in total. The average Bonchev–Trinajstić information content (AvgIpc) is 3.10. The molecule has 22 heavy (non-hydrogen) atoms. The number of nitrogens with zero attached hydrogens (tertiary/aromatic N) is 2. The van der Waals surface area contributed by atoms with Crippen LogP contribution < -0.4 is 4.87 Å². The van der Waals surface area contributed by atoms with Gasteiger partial charge in [-0.25, -0.2) is 9.37 Å². The van der Waals surface area contributed by atoms with E-state index < -0.39 is 0 Å². The number of H-pyrrole nitrogens is 1. The number of thiazole rings is 1. The molecule has 3 rings (SSSR count). The van der Waals surface area contributed by atoms with E-state index in [1.807, 2.05) is 12.3 Å². The molecule has 0 aliphatic rings. The second-order valence-corrected chi connectivity index (χ2v) is 6.66. The van der Waals surface area contributed by atoms with Gasteiger partial charge in [-0.1, -0.05) is 23.1 Å². The molecule has 2 aromatic heterocycles. The number of halogens is 1. The van der Waals surface area contributed by atoms with Crippen molar-refractivity contribution in [2.75, 3.05) is 5.75 Å². The van der Waals surface area contributed by atoms with E-state index in [2.05, 4.69) is 9.97 Å². The highest BCUT2D eigenvalue weighted by molar-refractivity contribution is 7.99. The van der Waals surface area contributed by atoms with Crippen LogP contribution in [0.1, 0.15) is 5.69 Å². The van der Waals surface area contributed by atoms with Crippen LogP contribution in [0.3, 0.4) is 0 Å². The standard InChI is InChI=1S/C15H14FN3OS2/c1-10-9-22-15(20)19(10)6-7-21-14-17-8-13(18-14)11-2-4-12(16)5-3-11/h2-5,8-9H,6-7H2,1H3,(H,17,18). The van der Waals surface area contributed by atoms with Crippen molar-refractivity contribution in [1.82, 2.24) is 14.5 Å². The van der Waals surface area contributed by atoms with Crippen LogP contribution in [0, 0.1) is 12.7 Å². The van der Waals surface area contributed by atoms with Crippen molar-refractivity contribution in [3.63, 3.8) is 0 Å². The fraction of sp³-hybridized carbons (Fsp3) is 0.200. The molecule has 0 unspecified atom stereocenters. The van der Waals surface area contributed by atoms with Crippen molar-refractivity contribution in [3.8, 4) is 11.3 Å². The molecular weight excluding hydrogens is 321 g/mol. The van der Waals surface area contributed by atoms with E-state index in [0.29, 0.717) is 6.54 Å². The van der Waals surface area contributed by atoms with Crippen LogP contribution in [0.15, 0.2) is 45.8 Å². The minimum atomic E-state index is -0.255. The van der Waals surface area contributed by atoms with Crippen LogP contribution in [-0.4, -0.2) is 20.3 Å². The van der Waals surface area contributed by atoms with Gasteiger partial charge in [-0.05, 0) is 36.8 Å². The monoisotopic (exact) mass is 335 g/mol. The van der Waals surface area contributed by atoms with Crippen molar-refractivity contribution in [1.29, 1.82) is 0 Å². The third kappa shape index (κ3) is 3.31. The Bertz CT molecular complexity index is 820. The van der Waals surface area contributed by atoms with Crippen LogP contribution in [0.5, 0.6) is 0 Å². The lowest BCUT2D eigenvalue weighted by molar-refractivity contribution is 0.628. The maximum atomic E-state index is 12.9. The molecule has 4 nitrogen and oxygen atoms in total. The Hall–Kier alpha value is -1.86. The summed E-state index contributed by atoms with van der Waals surface area (Å²) in [7, 11) is 0. The zero-order valence-electron chi connectivity index (χ0n) is 11.9. The van der Waals surface area contributed by atoms with Gasteiger partial charge in [-0.2, -0.15) is 0 Å². The first-order valence-electron chi connectivity index (χ1n) is 6.72. The number of imidazole rings is 1. The van der Waals surface area contributed by atoms with Gasteiger partial charge in [-0.3, -0.25) is 4.79 Å². The zero-order chi connectivity index (χ0) is 15.5. The van der Waals surface area contributed by atoms with Gasteiger partial charge in [0.05, 0.1) is 11.9 Å². The maximum absolute atomic E-state index is 12.9. The minimum absolute atomic E-state index is 0.0737. The lowest BCUT2D eigenvalue weighted by atomic mass is 10.2. The van der Waals surface area contributed by atoms with E-state index >= 15 is 0 Å². The van der Waals surface area contributed by atoms with Gasteiger partial charge in [0, 0.05) is 23.4 Å². The number of rotatable bonds is 5. The fourth-order valence-electron chi connectivity index (χ4n) is 2.06. The van der Waals surface area contributed by atoms with E-state index in [4.69, 9.17) is 0 Å². The Morgan fingerprint density at radius 2 is 2.14 bits per heavy atom. The van der Waals surface area contributed by atoms with Gasteiger partial charge in [0.1, 0.15) is 5.82 Å².